The van der Waals surface area contributed by atoms with Gasteiger partial charge in [-0.25, -0.2) is 9.18 Å². The summed E-state index contributed by atoms with van der Waals surface area (Å²) in [5.74, 6) is -0.323. The summed E-state index contributed by atoms with van der Waals surface area (Å²) in [7, 11) is 1.50. The fourth-order valence-corrected chi connectivity index (χ4v) is 2.08. The third-order valence-corrected chi connectivity index (χ3v) is 3.72. The van der Waals surface area contributed by atoms with E-state index in [0.717, 1.165) is 12.0 Å². The molecule has 1 unspecified atom stereocenters. The van der Waals surface area contributed by atoms with E-state index in [4.69, 9.17) is 9.84 Å². The minimum atomic E-state index is -0.442. The second kappa shape index (κ2) is 8.70. The molecule has 6 heteroatoms. The number of aliphatic hydroxyl groups excluding tert-OH is 1. The number of amides is 2. The third kappa shape index (κ3) is 5.61. The predicted octanol–water partition coefficient (Wildman–Crippen LogP) is 2.32. The van der Waals surface area contributed by atoms with Crippen molar-refractivity contribution in [3.63, 3.8) is 0 Å². The van der Waals surface area contributed by atoms with E-state index in [1.165, 1.54) is 13.2 Å². The number of hydrogen-bond donors (Lipinski definition) is 3. The number of aliphatic hydroxyl groups is 1. The number of methoxy groups -OCH3 is 1. The van der Waals surface area contributed by atoms with Gasteiger partial charge in [-0.1, -0.05) is 13.0 Å². The Kier molecular flexibility index (Phi) is 7.27. The number of rotatable bonds is 8. The molecule has 5 nitrogen and oxygen atoms in total. The highest BCUT2D eigenvalue weighted by atomic mass is 19.1. The molecule has 2 amide bonds. The van der Waals surface area contributed by atoms with Gasteiger partial charge in [0.25, 0.3) is 0 Å². The molecule has 1 atom stereocenters. The molecule has 0 aliphatic carbocycles. The maximum Gasteiger partial charge on any atom is 0.315 e. The van der Waals surface area contributed by atoms with Crippen LogP contribution in [-0.2, 0) is 17.9 Å². The third-order valence-electron chi connectivity index (χ3n) is 3.72. The lowest BCUT2D eigenvalue weighted by molar-refractivity contribution is 0.181. The minimum Gasteiger partial charge on any atom is -0.396 e. The van der Waals surface area contributed by atoms with Crippen LogP contribution < -0.4 is 10.6 Å². The van der Waals surface area contributed by atoms with Crippen LogP contribution in [0.4, 0.5) is 9.18 Å². The standard InChI is InChI=1S/C16H25FN2O3/c1-4-16(2,7-8-20)19-15(21)18-10-12-5-6-14(17)13(9-12)11-22-3/h5-6,9,20H,4,7-8,10-11H2,1-3H3,(H2,18,19,21). The van der Waals surface area contributed by atoms with Crippen molar-refractivity contribution >= 4 is 6.03 Å². The summed E-state index contributed by atoms with van der Waals surface area (Å²) in [6, 6.07) is 4.36. The number of ether oxygens (including phenoxy) is 1. The van der Waals surface area contributed by atoms with Crippen LogP contribution in [0.5, 0.6) is 0 Å². The van der Waals surface area contributed by atoms with E-state index < -0.39 is 5.54 Å². The van der Waals surface area contributed by atoms with Crippen LogP contribution in [0.15, 0.2) is 18.2 Å². The SMILES string of the molecule is CCC(C)(CCO)NC(=O)NCc1ccc(F)c(COC)c1. The molecule has 0 aliphatic heterocycles. The van der Waals surface area contributed by atoms with E-state index in [2.05, 4.69) is 10.6 Å². The Morgan fingerprint density at radius 3 is 2.77 bits per heavy atom. The second-order valence-electron chi connectivity index (χ2n) is 5.55. The summed E-state index contributed by atoms with van der Waals surface area (Å²) in [6.45, 7) is 4.34. The first-order chi connectivity index (χ1) is 10.4. The zero-order valence-corrected chi connectivity index (χ0v) is 13.4. The highest BCUT2D eigenvalue weighted by Gasteiger charge is 2.23. The minimum absolute atomic E-state index is 0.0168. The van der Waals surface area contributed by atoms with Crippen LogP contribution in [0.1, 0.15) is 37.8 Å². The topological polar surface area (TPSA) is 70.6 Å². The monoisotopic (exact) mass is 312 g/mol. The molecule has 0 aliphatic rings. The maximum absolute atomic E-state index is 13.5. The molecular formula is C16H25FN2O3. The molecule has 0 heterocycles. The van der Waals surface area contributed by atoms with Crippen molar-refractivity contribution in [2.75, 3.05) is 13.7 Å². The number of hydrogen-bond acceptors (Lipinski definition) is 3. The number of nitrogens with one attached hydrogen (secondary N) is 2. The number of carbonyl (C=O) groups is 1. The predicted molar refractivity (Wildman–Crippen MR) is 82.9 cm³/mol. The van der Waals surface area contributed by atoms with Gasteiger partial charge in [0.15, 0.2) is 0 Å². The number of halogens is 1. The lowest BCUT2D eigenvalue weighted by Crippen LogP contribution is -2.50. The van der Waals surface area contributed by atoms with E-state index in [1.807, 2.05) is 13.8 Å². The Morgan fingerprint density at radius 1 is 1.45 bits per heavy atom. The molecule has 1 aromatic carbocycles. The van der Waals surface area contributed by atoms with Crippen molar-refractivity contribution in [2.45, 2.75) is 45.4 Å². The van der Waals surface area contributed by atoms with Crippen molar-refractivity contribution in [1.82, 2.24) is 10.6 Å². The van der Waals surface area contributed by atoms with Crippen LogP contribution >= 0.6 is 0 Å². The van der Waals surface area contributed by atoms with Crippen molar-refractivity contribution in [3.8, 4) is 0 Å². The lowest BCUT2D eigenvalue weighted by atomic mass is 9.95. The highest BCUT2D eigenvalue weighted by Crippen LogP contribution is 2.14. The van der Waals surface area contributed by atoms with Gasteiger partial charge in [0, 0.05) is 31.4 Å². The first kappa shape index (κ1) is 18.4. The average Bonchev–Trinajstić information content (AvgIpc) is 2.48. The Hall–Kier alpha value is -1.66. The van der Waals surface area contributed by atoms with Crippen LogP contribution in [-0.4, -0.2) is 30.4 Å². The van der Waals surface area contributed by atoms with Crippen molar-refractivity contribution in [3.05, 3.63) is 35.1 Å². The Bertz CT molecular complexity index is 496. The Morgan fingerprint density at radius 2 is 2.18 bits per heavy atom. The first-order valence-electron chi connectivity index (χ1n) is 7.37. The van der Waals surface area contributed by atoms with Gasteiger partial charge in [0.05, 0.1) is 6.61 Å². The van der Waals surface area contributed by atoms with Gasteiger partial charge in [-0.2, -0.15) is 0 Å². The van der Waals surface area contributed by atoms with Gasteiger partial charge in [0.2, 0.25) is 0 Å². The quantitative estimate of drug-likeness (QED) is 0.690. The van der Waals surface area contributed by atoms with E-state index in [-0.39, 0.29) is 25.1 Å². The zero-order valence-electron chi connectivity index (χ0n) is 13.4. The summed E-state index contributed by atoms with van der Waals surface area (Å²) in [5, 5.41) is 14.6. The molecule has 0 aromatic heterocycles. The summed E-state index contributed by atoms with van der Waals surface area (Å²) in [5.41, 5.74) is 0.813. The largest absolute Gasteiger partial charge is 0.396 e. The molecule has 0 fully saturated rings. The molecule has 0 saturated heterocycles. The van der Waals surface area contributed by atoms with Gasteiger partial charge in [-0.05, 0) is 37.5 Å². The van der Waals surface area contributed by atoms with Gasteiger partial charge >= 0.3 is 6.03 Å². The second-order valence-corrected chi connectivity index (χ2v) is 5.55. The average molecular weight is 312 g/mol. The summed E-state index contributed by atoms with van der Waals surface area (Å²) in [6.07, 6.45) is 1.21. The summed E-state index contributed by atoms with van der Waals surface area (Å²) in [4.78, 5) is 11.9. The van der Waals surface area contributed by atoms with Crippen LogP contribution in [0.25, 0.3) is 0 Å². The molecule has 0 radical (unpaired) electrons. The van der Waals surface area contributed by atoms with E-state index >= 15 is 0 Å². The van der Waals surface area contributed by atoms with E-state index in [1.54, 1.807) is 12.1 Å². The molecule has 1 rings (SSSR count). The Balaban J connectivity index is 2.58. The molecule has 1 aromatic rings. The molecular weight excluding hydrogens is 287 g/mol. The van der Waals surface area contributed by atoms with E-state index in [9.17, 15) is 9.18 Å². The molecule has 0 bridgehead atoms. The van der Waals surface area contributed by atoms with Gasteiger partial charge < -0.3 is 20.5 Å². The van der Waals surface area contributed by atoms with Gasteiger partial charge in [0.1, 0.15) is 5.82 Å². The van der Waals surface area contributed by atoms with Crippen molar-refractivity contribution in [1.29, 1.82) is 0 Å². The summed E-state index contributed by atoms with van der Waals surface area (Å²) < 4.78 is 18.4. The smallest absolute Gasteiger partial charge is 0.315 e. The molecule has 0 saturated carbocycles. The zero-order chi connectivity index (χ0) is 16.6. The van der Waals surface area contributed by atoms with Crippen molar-refractivity contribution in [2.24, 2.45) is 0 Å². The van der Waals surface area contributed by atoms with Gasteiger partial charge in [-0.3, -0.25) is 0 Å². The van der Waals surface area contributed by atoms with Crippen LogP contribution in [0.3, 0.4) is 0 Å². The fraction of sp³-hybridized carbons (Fsp3) is 0.562. The Labute approximate surface area is 130 Å². The number of benzene rings is 1. The number of carbonyl (C=O) groups excluding carboxylic acids is 1. The first-order valence-corrected chi connectivity index (χ1v) is 7.37. The fourth-order valence-electron chi connectivity index (χ4n) is 2.08. The van der Waals surface area contributed by atoms with Crippen LogP contribution in [0.2, 0.25) is 0 Å². The molecule has 22 heavy (non-hydrogen) atoms. The molecule has 3 N–H and O–H groups in total. The number of urea groups is 1. The molecule has 0 spiro atoms. The van der Waals surface area contributed by atoms with Gasteiger partial charge in [-0.15, -0.1) is 0 Å². The normalized spacial score (nSPS) is 13.5. The maximum atomic E-state index is 13.5. The lowest BCUT2D eigenvalue weighted by Gasteiger charge is -2.29. The summed E-state index contributed by atoms with van der Waals surface area (Å²) >= 11 is 0. The van der Waals surface area contributed by atoms with Crippen molar-refractivity contribution < 1.29 is 19.0 Å². The highest BCUT2D eigenvalue weighted by molar-refractivity contribution is 5.74. The van der Waals surface area contributed by atoms with Crippen LogP contribution in [0, 0.1) is 5.82 Å². The molecule has 124 valence electrons. The van der Waals surface area contributed by atoms with E-state index in [0.29, 0.717) is 18.5 Å².